The standard InChI is InChI=1S/C20H22N2O3/c1-21-16(23)11-15(12-5-3-2-4-6-12)22-19(24)17-13-7-8-14(10-9-13)18(17)20(22)25/h2-8,13-15,17-18H,9-11H2,1H3,(H,21,23)/t13-,14-,15+,17-,18+/m0/s1. The van der Waals surface area contributed by atoms with Crippen LogP contribution < -0.4 is 5.32 Å². The van der Waals surface area contributed by atoms with E-state index in [1.165, 1.54) is 4.90 Å². The van der Waals surface area contributed by atoms with Crippen LogP contribution in [0.2, 0.25) is 0 Å². The number of imide groups is 1. The Hall–Kier alpha value is -2.43. The van der Waals surface area contributed by atoms with E-state index in [4.69, 9.17) is 0 Å². The van der Waals surface area contributed by atoms with E-state index >= 15 is 0 Å². The first-order valence-electron chi connectivity index (χ1n) is 8.92. The van der Waals surface area contributed by atoms with Gasteiger partial charge in [-0.05, 0) is 30.2 Å². The molecule has 3 amide bonds. The lowest BCUT2D eigenvalue weighted by Crippen LogP contribution is -2.38. The van der Waals surface area contributed by atoms with Crippen LogP contribution in [0.3, 0.4) is 0 Å². The van der Waals surface area contributed by atoms with E-state index in [9.17, 15) is 14.4 Å². The minimum absolute atomic E-state index is 0.0974. The summed E-state index contributed by atoms with van der Waals surface area (Å²) in [5.41, 5.74) is 0.826. The highest BCUT2D eigenvalue weighted by atomic mass is 16.2. The number of hydrogen-bond acceptors (Lipinski definition) is 3. The SMILES string of the molecule is CNC(=O)C[C@H](c1ccccc1)N1C(=O)[C@@H]2[C@H](C1=O)[C@H]1C=C[C@H]2CC1. The fraction of sp³-hybridized carbons (Fsp3) is 0.450. The predicted octanol–water partition coefficient (Wildman–Crippen LogP) is 2.06. The fourth-order valence-corrected chi connectivity index (χ4v) is 4.72. The lowest BCUT2D eigenvalue weighted by Gasteiger charge is -2.38. The summed E-state index contributed by atoms with van der Waals surface area (Å²) in [4.78, 5) is 39.8. The average Bonchev–Trinajstić information content (AvgIpc) is 2.94. The van der Waals surface area contributed by atoms with Gasteiger partial charge >= 0.3 is 0 Å². The van der Waals surface area contributed by atoms with Crippen molar-refractivity contribution in [3.8, 4) is 0 Å². The maximum Gasteiger partial charge on any atom is 0.234 e. The molecule has 5 rings (SSSR count). The minimum Gasteiger partial charge on any atom is -0.359 e. The zero-order chi connectivity index (χ0) is 17.6. The molecule has 0 radical (unpaired) electrons. The van der Waals surface area contributed by atoms with E-state index in [1.54, 1.807) is 7.05 Å². The highest BCUT2D eigenvalue weighted by Gasteiger charge is 2.58. The number of benzene rings is 1. The normalized spacial score (nSPS) is 31.2. The number of carbonyl (C=O) groups excluding carboxylic acids is 3. The molecule has 130 valence electrons. The van der Waals surface area contributed by atoms with Gasteiger partial charge in [-0.15, -0.1) is 0 Å². The second-order valence-electron chi connectivity index (χ2n) is 7.19. The molecule has 0 aromatic heterocycles. The Balaban J connectivity index is 1.71. The van der Waals surface area contributed by atoms with Gasteiger partial charge in [0.2, 0.25) is 17.7 Å². The molecule has 1 saturated carbocycles. The number of fused-ring (bicyclic) bond motifs is 1. The number of carbonyl (C=O) groups is 3. The molecule has 1 aliphatic heterocycles. The van der Waals surface area contributed by atoms with E-state index in [-0.39, 0.29) is 47.8 Å². The maximum atomic E-state index is 13.2. The summed E-state index contributed by atoms with van der Waals surface area (Å²) in [6, 6.07) is 8.85. The van der Waals surface area contributed by atoms with Crippen molar-refractivity contribution < 1.29 is 14.4 Å². The van der Waals surface area contributed by atoms with Crippen molar-refractivity contribution in [3.63, 3.8) is 0 Å². The largest absolute Gasteiger partial charge is 0.359 e. The second kappa shape index (κ2) is 6.14. The maximum absolute atomic E-state index is 13.2. The van der Waals surface area contributed by atoms with Crippen LogP contribution in [0.15, 0.2) is 42.5 Å². The van der Waals surface area contributed by atoms with Crippen molar-refractivity contribution in [1.82, 2.24) is 10.2 Å². The topological polar surface area (TPSA) is 66.5 Å². The van der Waals surface area contributed by atoms with Gasteiger partial charge in [0.25, 0.3) is 0 Å². The number of nitrogens with one attached hydrogen (secondary N) is 1. The van der Waals surface area contributed by atoms with E-state index < -0.39 is 6.04 Å². The third-order valence-corrected chi connectivity index (χ3v) is 5.95. The lowest BCUT2D eigenvalue weighted by atomic mass is 9.63. The van der Waals surface area contributed by atoms with Crippen LogP contribution in [-0.4, -0.2) is 29.7 Å². The Bertz CT molecular complexity index is 711. The molecule has 1 aromatic carbocycles. The molecule has 3 aliphatic carbocycles. The van der Waals surface area contributed by atoms with Gasteiger partial charge in [0.1, 0.15) is 0 Å². The van der Waals surface area contributed by atoms with Crippen molar-refractivity contribution in [1.29, 1.82) is 0 Å². The van der Waals surface area contributed by atoms with E-state index in [2.05, 4.69) is 17.5 Å². The Morgan fingerprint density at radius 1 is 1.08 bits per heavy atom. The first kappa shape index (κ1) is 16.1. The third-order valence-electron chi connectivity index (χ3n) is 5.95. The summed E-state index contributed by atoms with van der Waals surface area (Å²) >= 11 is 0. The zero-order valence-electron chi connectivity index (χ0n) is 14.2. The molecule has 1 saturated heterocycles. The molecule has 2 bridgehead atoms. The van der Waals surface area contributed by atoms with Crippen LogP contribution in [0.25, 0.3) is 0 Å². The van der Waals surface area contributed by atoms with Gasteiger partial charge in [0.05, 0.1) is 24.3 Å². The molecule has 4 aliphatic rings. The summed E-state index contributed by atoms with van der Waals surface area (Å²) < 4.78 is 0. The monoisotopic (exact) mass is 338 g/mol. The number of allylic oxidation sites excluding steroid dienone is 2. The molecule has 0 spiro atoms. The van der Waals surface area contributed by atoms with Crippen molar-refractivity contribution >= 4 is 17.7 Å². The van der Waals surface area contributed by atoms with Crippen LogP contribution >= 0.6 is 0 Å². The Kier molecular flexibility index (Phi) is 3.94. The highest BCUT2D eigenvalue weighted by molar-refractivity contribution is 6.06. The Morgan fingerprint density at radius 3 is 2.12 bits per heavy atom. The molecule has 1 heterocycles. The van der Waals surface area contributed by atoms with E-state index in [1.807, 2.05) is 30.3 Å². The van der Waals surface area contributed by atoms with Crippen LogP contribution in [-0.2, 0) is 14.4 Å². The molecule has 5 atom stereocenters. The summed E-state index contributed by atoms with van der Waals surface area (Å²) in [6.45, 7) is 0. The molecule has 2 fully saturated rings. The number of nitrogens with zero attached hydrogens (tertiary/aromatic N) is 1. The number of rotatable bonds is 4. The molecule has 0 unspecified atom stereocenters. The second-order valence-corrected chi connectivity index (χ2v) is 7.19. The lowest BCUT2D eigenvalue weighted by molar-refractivity contribution is -0.143. The first-order chi connectivity index (χ1) is 12.1. The molecule has 5 heteroatoms. The van der Waals surface area contributed by atoms with E-state index in [0.29, 0.717) is 0 Å². The molecular formula is C20H22N2O3. The van der Waals surface area contributed by atoms with Gasteiger partial charge in [0.15, 0.2) is 0 Å². The van der Waals surface area contributed by atoms with Gasteiger partial charge in [-0.25, -0.2) is 0 Å². The zero-order valence-corrected chi connectivity index (χ0v) is 14.2. The van der Waals surface area contributed by atoms with Crippen LogP contribution in [0.1, 0.15) is 30.9 Å². The Labute approximate surface area is 147 Å². The predicted molar refractivity (Wildman–Crippen MR) is 92.1 cm³/mol. The molecule has 1 N–H and O–H groups in total. The average molecular weight is 338 g/mol. The first-order valence-corrected chi connectivity index (χ1v) is 8.92. The van der Waals surface area contributed by atoms with Crippen molar-refractivity contribution in [2.75, 3.05) is 7.05 Å². The summed E-state index contributed by atoms with van der Waals surface area (Å²) in [7, 11) is 1.57. The summed E-state index contributed by atoms with van der Waals surface area (Å²) in [5.74, 6) is -0.552. The fourth-order valence-electron chi connectivity index (χ4n) is 4.72. The van der Waals surface area contributed by atoms with Crippen molar-refractivity contribution in [2.24, 2.45) is 23.7 Å². The molecule has 5 nitrogen and oxygen atoms in total. The molecule has 1 aromatic rings. The van der Waals surface area contributed by atoms with Gasteiger partial charge < -0.3 is 5.32 Å². The highest BCUT2D eigenvalue weighted by Crippen LogP contribution is 2.51. The van der Waals surface area contributed by atoms with Crippen molar-refractivity contribution in [2.45, 2.75) is 25.3 Å². The van der Waals surface area contributed by atoms with E-state index in [0.717, 1.165) is 18.4 Å². The van der Waals surface area contributed by atoms with Crippen LogP contribution in [0.4, 0.5) is 0 Å². The number of amides is 3. The minimum atomic E-state index is -0.536. The molecule has 25 heavy (non-hydrogen) atoms. The van der Waals surface area contributed by atoms with Crippen LogP contribution in [0.5, 0.6) is 0 Å². The van der Waals surface area contributed by atoms with Gasteiger partial charge in [0, 0.05) is 7.05 Å². The summed E-state index contributed by atoms with van der Waals surface area (Å²) in [6.07, 6.45) is 6.27. The number of likely N-dealkylation sites (tertiary alicyclic amines) is 1. The smallest absolute Gasteiger partial charge is 0.234 e. The van der Waals surface area contributed by atoms with Crippen LogP contribution in [0, 0.1) is 23.7 Å². The van der Waals surface area contributed by atoms with Crippen molar-refractivity contribution in [3.05, 3.63) is 48.0 Å². The third kappa shape index (κ3) is 2.49. The van der Waals surface area contributed by atoms with Gasteiger partial charge in [-0.1, -0.05) is 42.5 Å². The molecular weight excluding hydrogens is 316 g/mol. The van der Waals surface area contributed by atoms with Gasteiger partial charge in [-0.2, -0.15) is 0 Å². The number of hydrogen-bond donors (Lipinski definition) is 1. The van der Waals surface area contributed by atoms with Gasteiger partial charge in [-0.3, -0.25) is 19.3 Å². The Morgan fingerprint density at radius 2 is 1.64 bits per heavy atom. The summed E-state index contributed by atoms with van der Waals surface area (Å²) in [5, 5.41) is 2.61. The quantitative estimate of drug-likeness (QED) is 0.675.